The highest BCUT2D eigenvalue weighted by molar-refractivity contribution is 6.34. The van der Waals surface area contributed by atoms with E-state index in [0.29, 0.717) is 12.1 Å². The molecule has 1 fully saturated rings. The lowest BCUT2D eigenvalue weighted by molar-refractivity contribution is -0.141. The minimum Gasteiger partial charge on any atom is -0.298 e. The fourth-order valence-electron chi connectivity index (χ4n) is 2.07. The number of anilines is 1. The zero-order chi connectivity index (χ0) is 14.7. The first-order valence-corrected chi connectivity index (χ1v) is 6.32. The third kappa shape index (κ3) is 2.45. The number of amides is 4. The Bertz CT molecular complexity index is 568. The molecule has 1 atom stereocenters. The summed E-state index contributed by atoms with van der Waals surface area (Å²) in [5.41, 5.74) is 0.330. The summed E-state index contributed by atoms with van der Waals surface area (Å²) in [7, 11) is 0. The van der Waals surface area contributed by atoms with Crippen LogP contribution in [0.1, 0.15) is 19.8 Å². The number of ketones is 1. The zero-order valence-electron chi connectivity index (χ0n) is 11.0. The van der Waals surface area contributed by atoms with Gasteiger partial charge >= 0.3 is 6.03 Å². The molecular formula is C14H14N2O4. The number of barbiturate groups is 1. The van der Waals surface area contributed by atoms with Gasteiger partial charge in [0.05, 0.1) is 5.69 Å². The van der Waals surface area contributed by atoms with Crippen LogP contribution in [0.4, 0.5) is 10.5 Å². The van der Waals surface area contributed by atoms with Gasteiger partial charge in [0, 0.05) is 6.42 Å². The lowest BCUT2D eigenvalue weighted by Gasteiger charge is -2.29. The number of carbonyl (C=O) groups is 4. The molecule has 4 amide bonds. The molecule has 0 aromatic heterocycles. The molecule has 2 rings (SSSR count). The maximum atomic E-state index is 12.3. The van der Waals surface area contributed by atoms with Gasteiger partial charge in [-0.1, -0.05) is 25.1 Å². The van der Waals surface area contributed by atoms with Crippen molar-refractivity contribution in [3.8, 4) is 0 Å². The Morgan fingerprint density at radius 1 is 1.20 bits per heavy atom. The van der Waals surface area contributed by atoms with Crippen LogP contribution in [0.2, 0.25) is 0 Å². The van der Waals surface area contributed by atoms with E-state index in [9.17, 15) is 19.2 Å². The summed E-state index contributed by atoms with van der Waals surface area (Å²) in [6.07, 6.45) is 0.663. The van der Waals surface area contributed by atoms with Crippen molar-refractivity contribution in [2.45, 2.75) is 19.8 Å². The highest BCUT2D eigenvalue weighted by atomic mass is 16.2. The molecule has 1 N–H and O–H groups in total. The Kier molecular flexibility index (Phi) is 3.93. The summed E-state index contributed by atoms with van der Waals surface area (Å²) in [6.45, 7) is 1.78. The molecule has 0 aliphatic carbocycles. The van der Waals surface area contributed by atoms with E-state index in [0.717, 1.165) is 4.90 Å². The average Bonchev–Trinajstić information content (AvgIpc) is 2.39. The maximum absolute atomic E-state index is 12.3. The van der Waals surface area contributed by atoms with Crippen molar-refractivity contribution in [2.75, 3.05) is 4.90 Å². The zero-order valence-corrected chi connectivity index (χ0v) is 11.0. The summed E-state index contributed by atoms with van der Waals surface area (Å²) in [4.78, 5) is 48.5. The number of para-hydroxylation sites is 1. The molecule has 0 saturated carbocycles. The van der Waals surface area contributed by atoms with E-state index >= 15 is 0 Å². The summed E-state index contributed by atoms with van der Waals surface area (Å²) in [5, 5.41) is 2.05. The molecule has 0 bridgehead atoms. The SMILES string of the molecule is CCCC(=O)C1C(=O)NC(=O)N(c2ccccc2)C1=O. The number of urea groups is 1. The van der Waals surface area contributed by atoms with E-state index in [-0.39, 0.29) is 6.42 Å². The van der Waals surface area contributed by atoms with E-state index in [4.69, 9.17) is 0 Å². The molecule has 1 aromatic rings. The maximum Gasteiger partial charge on any atom is 0.335 e. The van der Waals surface area contributed by atoms with E-state index in [1.54, 1.807) is 37.3 Å². The Morgan fingerprint density at radius 3 is 2.45 bits per heavy atom. The van der Waals surface area contributed by atoms with Crippen molar-refractivity contribution in [1.82, 2.24) is 5.32 Å². The molecule has 0 spiro atoms. The number of Topliss-reactive ketones (excluding diaryl/α,β-unsaturated/α-hetero) is 1. The van der Waals surface area contributed by atoms with Gasteiger partial charge in [-0.05, 0) is 18.6 Å². The first kappa shape index (κ1) is 13.9. The number of hydrogen-bond donors (Lipinski definition) is 1. The van der Waals surface area contributed by atoms with E-state index < -0.39 is 29.5 Å². The van der Waals surface area contributed by atoms with Crippen LogP contribution in [0.5, 0.6) is 0 Å². The normalized spacial score (nSPS) is 18.9. The van der Waals surface area contributed by atoms with Crippen molar-refractivity contribution in [3.63, 3.8) is 0 Å². The van der Waals surface area contributed by atoms with Crippen LogP contribution in [0, 0.1) is 5.92 Å². The first-order valence-electron chi connectivity index (χ1n) is 6.32. The number of nitrogens with zero attached hydrogens (tertiary/aromatic N) is 1. The summed E-state index contributed by atoms with van der Waals surface area (Å²) < 4.78 is 0. The molecule has 104 valence electrons. The lowest BCUT2D eigenvalue weighted by atomic mass is 9.96. The minimum atomic E-state index is -1.44. The summed E-state index contributed by atoms with van der Waals surface area (Å²) >= 11 is 0. The van der Waals surface area contributed by atoms with E-state index in [2.05, 4.69) is 5.32 Å². The Morgan fingerprint density at radius 2 is 1.85 bits per heavy atom. The van der Waals surface area contributed by atoms with Gasteiger partial charge in [-0.15, -0.1) is 0 Å². The number of carbonyl (C=O) groups excluding carboxylic acids is 4. The molecule has 6 heteroatoms. The highest BCUT2D eigenvalue weighted by Gasteiger charge is 2.44. The molecule has 1 saturated heterocycles. The largest absolute Gasteiger partial charge is 0.335 e. The quantitative estimate of drug-likeness (QED) is 0.838. The standard InChI is InChI=1S/C14H14N2O4/c1-2-6-10(17)11-12(18)15-14(20)16(13(11)19)9-7-4-3-5-8-9/h3-5,7-8,11H,2,6H2,1H3,(H,15,18,20). The van der Waals surface area contributed by atoms with Gasteiger partial charge in [-0.3, -0.25) is 19.7 Å². The molecule has 6 nitrogen and oxygen atoms in total. The third-order valence-electron chi connectivity index (χ3n) is 3.00. The first-order chi connectivity index (χ1) is 9.56. The summed E-state index contributed by atoms with van der Waals surface area (Å²) in [5.74, 6) is -3.54. The van der Waals surface area contributed by atoms with Gasteiger partial charge in [-0.25, -0.2) is 9.69 Å². The second-order valence-corrected chi connectivity index (χ2v) is 4.45. The molecule has 1 aromatic carbocycles. The number of benzene rings is 1. The van der Waals surface area contributed by atoms with Crippen LogP contribution in [0.15, 0.2) is 30.3 Å². The fourth-order valence-corrected chi connectivity index (χ4v) is 2.07. The van der Waals surface area contributed by atoms with Crippen molar-refractivity contribution >= 4 is 29.3 Å². The second-order valence-electron chi connectivity index (χ2n) is 4.45. The second kappa shape index (κ2) is 5.64. The lowest BCUT2D eigenvalue weighted by Crippen LogP contribution is -2.60. The fraction of sp³-hybridized carbons (Fsp3) is 0.286. The Hall–Kier alpha value is -2.50. The molecule has 1 aliphatic rings. The van der Waals surface area contributed by atoms with Crippen LogP contribution in [0.3, 0.4) is 0 Å². The molecule has 1 unspecified atom stereocenters. The van der Waals surface area contributed by atoms with Gasteiger partial charge in [-0.2, -0.15) is 0 Å². The van der Waals surface area contributed by atoms with Crippen molar-refractivity contribution in [2.24, 2.45) is 5.92 Å². The predicted molar refractivity (Wildman–Crippen MR) is 70.9 cm³/mol. The van der Waals surface area contributed by atoms with Crippen LogP contribution in [0.25, 0.3) is 0 Å². The van der Waals surface area contributed by atoms with Crippen molar-refractivity contribution in [1.29, 1.82) is 0 Å². The molecule has 1 heterocycles. The van der Waals surface area contributed by atoms with Gasteiger partial charge in [0.1, 0.15) is 0 Å². The molecule has 1 aliphatic heterocycles. The minimum absolute atomic E-state index is 0.126. The number of rotatable bonds is 4. The van der Waals surface area contributed by atoms with Crippen LogP contribution in [-0.2, 0) is 14.4 Å². The Balaban J connectivity index is 2.34. The van der Waals surface area contributed by atoms with Crippen LogP contribution in [-0.4, -0.2) is 23.6 Å². The highest BCUT2D eigenvalue weighted by Crippen LogP contribution is 2.21. The van der Waals surface area contributed by atoms with Crippen LogP contribution >= 0.6 is 0 Å². The topological polar surface area (TPSA) is 83.6 Å². The third-order valence-corrected chi connectivity index (χ3v) is 3.00. The smallest absolute Gasteiger partial charge is 0.298 e. The van der Waals surface area contributed by atoms with Gasteiger partial charge in [0.15, 0.2) is 11.7 Å². The number of imide groups is 2. The predicted octanol–water partition coefficient (Wildman–Crippen LogP) is 1.25. The van der Waals surface area contributed by atoms with Gasteiger partial charge < -0.3 is 0 Å². The van der Waals surface area contributed by atoms with E-state index in [1.807, 2.05) is 0 Å². The molecule has 20 heavy (non-hydrogen) atoms. The number of hydrogen-bond acceptors (Lipinski definition) is 4. The molecule has 0 radical (unpaired) electrons. The van der Waals surface area contributed by atoms with Crippen LogP contribution < -0.4 is 10.2 Å². The average molecular weight is 274 g/mol. The van der Waals surface area contributed by atoms with Gasteiger partial charge in [0.25, 0.3) is 5.91 Å². The van der Waals surface area contributed by atoms with Crippen molar-refractivity contribution in [3.05, 3.63) is 30.3 Å². The van der Waals surface area contributed by atoms with E-state index in [1.165, 1.54) is 0 Å². The van der Waals surface area contributed by atoms with Gasteiger partial charge in [0.2, 0.25) is 5.91 Å². The summed E-state index contributed by atoms with van der Waals surface area (Å²) in [6, 6.07) is 7.36. The monoisotopic (exact) mass is 274 g/mol. The Labute approximate surface area is 115 Å². The van der Waals surface area contributed by atoms with Crippen molar-refractivity contribution < 1.29 is 19.2 Å². The number of nitrogens with one attached hydrogen (secondary N) is 1. The molecular weight excluding hydrogens is 260 g/mol.